The average Bonchev–Trinajstić information content (AvgIpc) is 2.66. The summed E-state index contributed by atoms with van der Waals surface area (Å²) >= 11 is 0. The maximum Gasteiger partial charge on any atom is 0.355 e. The van der Waals surface area contributed by atoms with Gasteiger partial charge in [0.15, 0.2) is 0 Å². The Hall–Kier alpha value is -4.15. The highest BCUT2D eigenvalue weighted by atomic mass is 19.1. The van der Waals surface area contributed by atoms with Gasteiger partial charge in [0.2, 0.25) is 11.6 Å². The largest absolute Gasteiger partial charge is 0.355 e. The van der Waals surface area contributed by atoms with Gasteiger partial charge in [0, 0.05) is 5.69 Å². The zero-order valence-electron chi connectivity index (χ0n) is 14.5. The number of hydrazine groups is 1. The first-order valence-corrected chi connectivity index (χ1v) is 7.96. The van der Waals surface area contributed by atoms with Crippen LogP contribution in [0.3, 0.4) is 0 Å². The highest BCUT2D eigenvalue weighted by Crippen LogP contribution is 2.30. The van der Waals surface area contributed by atoms with E-state index in [1.54, 1.807) is 25.1 Å². The number of aromatic nitrogens is 3. The summed E-state index contributed by atoms with van der Waals surface area (Å²) in [5.41, 5.74) is 4.49. The molecule has 10 nitrogen and oxygen atoms in total. The fourth-order valence-corrected chi connectivity index (χ4v) is 2.30. The van der Waals surface area contributed by atoms with Crippen molar-refractivity contribution in [2.75, 3.05) is 10.7 Å². The Bertz CT molecular complexity index is 1040. The predicted molar refractivity (Wildman–Crippen MR) is 98.4 cm³/mol. The lowest BCUT2D eigenvalue weighted by atomic mass is 10.2. The second-order valence-electron chi connectivity index (χ2n) is 5.52. The number of pyridine rings is 1. The van der Waals surface area contributed by atoms with Crippen LogP contribution in [0.5, 0.6) is 0 Å². The number of hydrogen-bond donors (Lipinski definition) is 3. The molecule has 0 fully saturated rings. The van der Waals surface area contributed by atoms with Crippen molar-refractivity contribution in [3.8, 4) is 0 Å². The second kappa shape index (κ2) is 8.03. The van der Waals surface area contributed by atoms with Gasteiger partial charge in [0.05, 0.1) is 10.5 Å². The summed E-state index contributed by atoms with van der Waals surface area (Å²) in [6.45, 7) is 1.77. The van der Waals surface area contributed by atoms with Gasteiger partial charge in [0.25, 0.3) is 5.91 Å². The number of rotatable bonds is 6. The smallest absolute Gasteiger partial charge is 0.319 e. The first-order valence-electron chi connectivity index (χ1n) is 7.96. The van der Waals surface area contributed by atoms with Crippen molar-refractivity contribution in [1.82, 2.24) is 20.4 Å². The van der Waals surface area contributed by atoms with E-state index in [4.69, 9.17) is 0 Å². The lowest BCUT2D eigenvalue weighted by Crippen LogP contribution is -2.31. The standard InChI is InChI=1S/C17H14FN7O3/c1-10-5-4-8-13(21-10)22-15-14(25(27)28)16(20-9-19-15)23-24-17(26)11-6-2-3-7-12(11)18/h2-9H,1H3,(H,24,26)(H2,19,20,21,22,23). The fourth-order valence-electron chi connectivity index (χ4n) is 2.30. The SMILES string of the molecule is Cc1cccc(Nc2ncnc(NNC(=O)c3ccccc3F)c2[N+](=O)[O-])n1. The zero-order valence-corrected chi connectivity index (χ0v) is 14.5. The number of carbonyl (C=O) groups is 1. The van der Waals surface area contributed by atoms with Crippen LogP contribution in [-0.4, -0.2) is 25.8 Å². The Morgan fingerprint density at radius 1 is 1.11 bits per heavy atom. The number of nitro groups is 1. The molecular formula is C17H14FN7O3. The summed E-state index contributed by atoms with van der Waals surface area (Å²) in [6.07, 6.45) is 1.07. The highest BCUT2D eigenvalue weighted by Gasteiger charge is 2.24. The third-order valence-electron chi connectivity index (χ3n) is 3.55. The molecule has 0 saturated heterocycles. The molecular weight excluding hydrogens is 369 g/mol. The lowest BCUT2D eigenvalue weighted by molar-refractivity contribution is -0.383. The van der Waals surface area contributed by atoms with Gasteiger partial charge in [-0.3, -0.25) is 25.8 Å². The maximum absolute atomic E-state index is 13.7. The molecule has 1 amide bonds. The van der Waals surface area contributed by atoms with Crippen LogP contribution in [0.1, 0.15) is 16.1 Å². The highest BCUT2D eigenvalue weighted by molar-refractivity contribution is 5.95. The van der Waals surface area contributed by atoms with Crippen LogP contribution in [0.2, 0.25) is 0 Å². The van der Waals surface area contributed by atoms with Gasteiger partial charge in [0.1, 0.15) is 18.0 Å². The molecule has 3 N–H and O–H groups in total. The van der Waals surface area contributed by atoms with Gasteiger partial charge in [-0.05, 0) is 31.2 Å². The molecule has 0 unspecified atom stereocenters. The van der Waals surface area contributed by atoms with Crippen molar-refractivity contribution >= 4 is 29.0 Å². The van der Waals surface area contributed by atoms with E-state index in [1.807, 2.05) is 0 Å². The van der Waals surface area contributed by atoms with Crippen molar-refractivity contribution in [2.45, 2.75) is 6.92 Å². The number of benzene rings is 1. The number of amides is 1. The van der Waals surface area contributed by atoms with Crippen LogP contribution >= 0.6 is 0 Å². The molecule has 0 aliphatic heterocycles. The molecule has 1 aromatic carbocycles. The Balaban J connectivity index is 1.84. The molecule has 0 aliphatic carbocycles. The van der Waals surface area contributed by atoms with Crippen molar-refractivity contribution in [1.29, 1.82) is 0 Å². The van der Waals surface area contributed by atoms with Gasteiger partial charge in [-0.15, -0.1) is 0 Å². The van der Waals surface area contributed by atoms with E-state index >= 15 is 0 Å². The van der Waals surface area contributed by atoms with Crippen LogP contribution in [0.15, 0.2) is 48.8 Å². The van der Waals surface area contributed by atoms with E-state index in [2.05, 4.69) is 31.1 Å². The van der Waals surface area contributed by atoms with E-state index < -0.39 is 22.3 Å². The van der Waals surface area contributed by atoms with Crippen LogP contribution in [0.25, 0.3) is 0 Å². The molecule has 28 heavy (non-hydrogen) atoms. The summed E-state index contributed by atoms with van der Waals surface area (Å²) in [4.78, 5) is 34.7. The Kier molecular flexibility index (Phi) is 5.35. The summed E-state index contributed by atoms with van der Waals surface area (Å²) in [7, 11) is 0. The third-order valence-corrected chi connectivity index (χ3v) is 3.55. The van der Waals surface area contributed by atoms with E-state index in [1.165, 1.54) is 18.2 Å². The number of halogens is 1. The van der Waals surface area contributed by atoms with Gasteiger partial charge in [-0.1, -0.05) is 18.2 Å². The maximum atomic E-state index is 13.7. The minimum atomic E-state index is -0.819. The number of aryl methyl sites for hydroxylation is 1. The monoisotopic (exact) mass is 383 g/mol. The van der Waals surface area contributed by atoms with Crippen molar-refractivity contribution in [3.05, 3.63) is 76.0 Å². The van der Waals surface area contributed by atoms with Crippen molar-refractivity contribution in [3.63, 3.8) is 0 Å². The Morgan fingerprint density at radius 2 is 1.86 bits per heavy atom. The Morgan fingerprint density at radius 3 is 2.57 bits per heavy atom. The molecule has 0 bridgehead atoms. The molecule has 0 atom stereocenters. The zero-order chi connectivity index (χ0) is 20.1. The van der Waals surface area contributed by atoms with Crippen molar-refractivity contribution in [2.24, 2.45) is 0 Å². The topological polar surface area (TPSA) is 135 Å². The van der Waals surface area contributed by atoms with E-state index in [-0.39, 0.29) is 17.2 Å². The number of anilines is 3. The molecule has 2 aromatic heterocycles. The first-order chi connectivity index (χ1) is 13.5. The van der Waals surface area contributed by atoms with Crippen LogP contribution < -0.4 is 16.2 Å². The van der Waals surface area contributed by atoms with Crippen molar-refractivity contribution < 1.29 is 14.1 Å². The molecule has 2 heterocycles. The normalized spacial score (nSPS) is 10.2. The van der Waals surface area contributed by atoms with E-state index in [9.17, 15) is 19.3 Å². The Labute approximate surface area is 158 Å². The van der Waals surface area contributed by atoms with Gasteiger partial charge >= 0.3 is 5.69 Å². The summed E-state index contributed by atoms with van der Waals surface area (Å²) in [5.74, 6) is -1.60. The average molecular weight is 383 g/mol. The summed E-state index contributed by atoms with van der Waals surface area (Å²) in [6, 6.07) is 10.4. The number of nitrogens with one attached hydrogen (secondary N) is 3. The summed E-state index contributed by atoms with van der Waals surface area (Å²) in [5, 5.41) is 14.3. The van der Waals surface area contributed by atoms with Crippen LogP contribution in [0, 0.1) is 22.9 Å². The molecule has 0 radical (unpaired) electrons. The number of carbonyl (C=O) groups excluding carboxylic acids is 1. The van der Waals surface area contributed by atoms with Gasteiger partial charge in [-0.25, -0.2) is 19.3 Å². The number of nitrogens with zero attached hydrogens (tertiary/aromatic N) is 4. The first kappa shape index (κ1) is 18.6. The summed E-state index contributed by atoms with van der Waals surface area (Å²) < 4.78 is 13.7. The predicted octanol–water partition coefficient (Wildman–Crippen LogP) is 2.73. The molecule has 11 heteroatoms. The van der Waals surface area contributed by atoms with E-state index in [0.717, 1.165) is 12.4 Å². The van der Waals surface area contributed by atoms with Crippen LogP contribution in [-0.2, 0) is 0 Å². The quantitative estimate of drug-likeness (QED) is 0.437. The molecule has 0 spiro atoms. The fraction of sp³-hybridized carbons (Fsp3) is 0.0588. The number of hydrogen-bond acceptors (Lipinski definition) is 8. The van der Waals surface area contributed by atoms with Crippen LogP contribution in [0.4, 0.5) is 27.5 Å². The van der Waals surface area contributed by atoms with E-state index in [0.29, 0.717) is 11.5 Å². The minimum Gasteiger partial charge on any atom is -0.319 e. The molecule has 3 aromatic rings. The second-order valence-corrected chi connectivity index (χ2v) is 5.52. The van der Waals surface area contributed by atoms with Gasteiger partial charge < -0.3 is 5.32 Å². The minimum absolute atomic E-state index is 0.124. The third kappa shape index (κ3) is 4.15. The lowest BCUT2D eigenvalue weighted by Gasteiger charge is -2.11. The molecule has 0 aliphatic rings. The molecule has 3 rings (SSSR count). The molecule has 142 valence electrons. The van der Waals surface area contributed by atoms with Gasteiger partial charge in [-0.2, -0.15) is 0 Å². The molecule has 0 saturated carbocycles.